The maximum atomic E-state index is 12.4. The van der Waals surface area contributed by atoms with Gasteiger partial charge in [0.1, 0.15) is 6.04 Å². The second-order valence-electron chi connectivity index (χ2n) is 6.69. The van der Waals surface area contributed by atoms with Gasteiger partial charge >= 0.3 is 5.97 Å². The fourth-order valence-corrected chi connectivity index (χ4v) is 2.91. The molecule has 0 heterocycles. The Kier molecular flexibility index (Phi) is 6.92. The fourth-order valence-electron chi connectivity index (χ4n) is 2.91. The Balaban J connectivity index is 2.03. The highest BCUT2D eigenvalue weighted by molar-refractivity contribution is 5.95. The molecule has 0 spiro atoms. The summed E-state index contributed by atoms with van der Waals surface area (Å²) in [6.45, 7) is 6.49. The van der Waals surface area contributed by atoms with Gasteiger partial charge in [0.15, 0.2) is 6.54 Å². The molecule has 26 heavy (non-hydrogen) atoms. The summed E-state index contributed by atoms with van der Waals surface area (Å²) < 4.78 is 4.73. The van der Waals surface area contributed by atoms with Crippen molar-refractivity contribution in [1.29, 1.82) is 0 Å². The third-order valence-electron chi connectivity index (χ3n) is 4.39. The predicted molar refractivity (Wildman–Crippen MR) is 102 cm³/mol. The number of aryl methyl sites for hydroxylation is 1. The maximum Gasteiger partial charge on any atom is 0.337 e. The number of carbonyl (C=O) groups is 2. The van der Waals surface area contributed by atoms with Gasteiger partial charge in [-0.05, 0) is 24.6 Å². The number of quaternary nitrogens is 1. The van der Waals surface area contributed by atoms with Crippen LogP contribution >= 0.6 is 0 Å². The molecule has 0 bridgehead atoms. The molecule has 0 radical (unpaired) electrons. The first kappa shape index (κ1) is 19.7. The molecule has 0 unspecified atom stereocenters. The quantitative estimate of drug-likeness (QED) is 0.750. The summed E-state index contributed by atoms with van der Waals surface area (Å²) in [5.41, 5.74) is 3.16. The van der Waals surface area contributed by atoms with E-state index in [9.17, 15) is 9.59 Å². The molecule has 0 aliphatic carbocycles. The van der Waals surface area contributed by atoms with E-state index in [0.29, 0.717) is 23.7 Å². The predicted octanol–water partition coefficient (Wildman–Crippen LogP) is 2.68. The first-order valence-electron chi connectivity index (χ1n) is 8.79. The Morgan fingerprint density at radius 3 is 2.42 bits per heavy atom. The number of rotatable bonds is 7. The fraction of sp³-hybridized carbons (Fsp3) is 0.333. The standard InChI is InChI=1S/C21H26N2O3/c1-14(2)20(16-8-6-5-7-9-16)22-13-19(24)23-18-12-17(21(25)26-4)11-10-15(18)3/h5-12,14,20,22H,13H2,1-4H3,(H,23,24)/p+1/t20-/m0/s1. The molecule has 5 nitrogen and oxygen atoms in total. The molecule has 0 aliphatic heterocycles. The monoisotopic (exact) mass is 355 g/mol. The second kappa shape index (κ2) is 9.15. The zero-order chi connectivity index (χ0) is 19.1. The molecule has 3 N–H and O–H groups in total. The number of anilines is 1. The van der Waals surface area contributed by atoms with Crippen LogP contribution in [0.1, 0.15) is 41.4 Å². The van der Waals surface area contributed by atoms with Gasteiger partial charge in [0, 0.05) is 17.2 Å². The van der Waals surface area contributed by atoms with Gasteiger partial charge in [-0.1, -0.05) is 50.2 Å². The van der Waals surface area contributed by atoms with Crippen molar-refractivity contribution in [3.63, 3.8) is 0 Å². The van der Waals surface area contributed by atoms with Gasteiger partial charge in [0.25, 0.3) is 5.91 Å². The van der Waals surface area contributed by atoms with E-state index >= 15 is 0 Å². The van der Waals surface area contributed by atoms with Gasteiger partial charge in [-0.25, -0.2) is 4.79 Å². The van der Waals surface area contributed by atoms with Crippen LogP contribution in [0.4, 0.5) is 5.69 Å². The van der Waals surface area contributed by atoms with Gasteiger partial charge < -0.3 is 15.4 Å². The van der Waals surface area contributed by atoms with Crippen molar-refractivity contribution in [2.45, 2.75) is 26.8 Å². The van der Waals surface area contributed by atoms with Crippen LogP contribution in [-0.2, 0) is 9.53 Å². The number of methoxy groups -OCH3 is 1. The normalized spacial score (nSPS) is 11.9. The van der Waals surface area contributed by atoms with E-state index < -0.39 is 5.97 Å². The summed E-state index contributed by atoms with van der Waals surface area (Å²) in [7, 11) is 1.34. The van der Waals surface area contributed by atoms with Crippen molar-refractivity contribution < 1.29 is 19.6 Å². The minimum absolute atomic E-state index is 0.100. The number of ether oxygens (including phenoxy) is 1. The van der Waals surface area contributed by atoms with Crippen LogP contribution < -0.4 is 10.6 Å². The van der Waals surface area contributed by atoms with Crippen molar-refractivity contribution >= 4 is 17.6 Å². The molecule has 1 amide bonds. The lowest BCUT2D eigenvalue weighted by molar-refractivity contribution is -0.692. The first-order valence-corrected chi connectivity index (χ1v) is 8.79. The zero-order valence-corrected chi connectivity index (χ0v) is 15.8. The van der Waals surface area contributed by atoms with Crippen molar-refractivity contribution in [3.05, 3.63) is 65.2 Å². The lowest BCUT2D eigenvalue weighted by atomic mass is 9.96. The van der Waals surface area contributed by atoms with Gasteiger partial charge in [-0.15, -0.1) is 0 Å². The maximum absolute atomic E-state index is 12.4. The number of nitrogens with two attached hydrogens (primary N) is 1. The van der Waals surface area contributed by atoms with Crippen LogP contribution in [0.2, 0.25) is 0 Å². The molecular weight excluding hydrogens is 328 g/mol. The van der Waals surface area contributed by atoms with Gasteiger partial charge in [-0.2, -0.15) is 0 Å². The molecule has 5 heteroatoms. The molecule has 2 rings (SSSR count). The SMILES string of the molecule is COC(=O)c1ccc(C)c(NC(=O)C[NH2+][C@H](c2ccccc2)C(C)C)c1. The second-order valence-corrected chi connectivity index (χ2v) is 6.69. The summed E-state index contributed by atoms with van der Waals surface area (Å²) in [4.78, 5) is 24.1. The van der Waals surface area contributed by atoms with Crippen molar-refractivity contribution in [2.24, 2.45) is 5.92 Å². The van der Waals surface area contributed by atoms with E-state index in [1.54, 1.807) is 18.2 Å². The third-order valence-corrected chi connectivity index (χ3v) is 4.39. The van der Waals surface area contributed by atoms with Crippen LogP contribution in [-0.4, -0.2) is 25.5 Å². The Morgan fingerprint density at radius 2 is 1.81 bits per heavy atom. The number of nitrogens with one attached hydrogen (secondary N) is 1. The average molecular weight is 355 g/mol. The van der Waals surface area contributed by atoms with E-state index in [1.807, 2.05) is 25.1 Å². The number of hydrogen-bond donors (Lipinski definition) is 2. The minimum Gasteiger partial charge on any atom is -0.465 e. The minimum atomic E-state index is -0.420. The highest BCUT2D eigenvalue weighted by atomic mass is 16.5. The largest absolute Gasteiger partial charge is 0.465 e. The van der Waals surface area contributed by atoms with Crippen LogP contribution in [0.25, 0.3) is 0 Å². The average Bonchev–Trinajstić information content (AvgIpc) is 2.63. The van der Waals surface area contributed by atoms with Gasteiger partial charge in [-0.3, -0.25) is 4.79 Å². The Labute approximate surface area is 154 Å². The zero-order valence-electron chi connectivity index (χ0n) is 15.8. The molecule has 0 saturated heterocycles. The molecule has 138 valence electrons. The number of hydrogen-bond acceptors (Lipinski definition) is 3. The van der Waals surface area contributed by atoms with Crippen LogP contribution in [0.15, 0.2) is 48.5 Å². The lowest BCUT2D eigenvalue weighted by Gasteiger charge is -2.19. The Morgan fingerprint density at radius 1 is 1.12 bits per heavy atom. The number of benzene rings is 2. The number of amides is 1. The molecule has 2 aromatic carbocycles. The summed E-state index contributed by atoms with van der Waals surface area (Å²) in [5.74, 6) is -0.123. The molecule has 0 saturated carbocycles. The third kappa shape index (κ3) is 5.17. The van der Waals surface area contributed by atoms with Crippen LogP contribution in [0.3, 0.4) is 0 Å². The number of esters is 1. The smallest absolute Gasteiger partial charge is 0.337 e. The summed E-state index contributed by atoms with van der Waals surface area (Å²) in [6.07, 6.45) is 0. The molecule has 0 aromatic heterocycles. The highest BCUT2D eigenvalue weighted by Crippen LogP contribution is 2.18. The molecular formula is C21H27N2O3+. The van der Waals surface area contributed by atoms with Crippen LogP contribution in [0.5, 0.6) is 0 Å². The van der Waals surface area contributed by atoms with Crippen molar-refractivity contribution in [3.8, 4) is 0 Å². The molecule has 0 fully saturated rings. The molecule has 0 aliphatic rings. The van der Waals surface area contributed by atoms with Crippen LogP contribution in [0, 0.1) is 12.8 Å². The topological polar surface area (TPSA) is 72.0 Å². The van der Waals surface area contributed by atoms with E-state index in [-0.39, 0.29) is 11.9 Å². The van der Waals surface area contributed by atoms with E-state index in [2.05, 4.69) is 36.6 Å². The molecule has 2 aromatic rings. The lowest BCUT2D eigenvalue weighted by Crippen LogP contribution is -2.88. The molecule has 1 atom stereocenters. The summed E-state index contributed by atoms with van der Waals surface area (Å²) >= 11 is 0. The van der Waals surface area contributed by atoms with E-state index in [4.69, 9.17) is 4.74 Å². The van der Waals surface area contributed by atoms with Gasteiger partial charge in [0.2, 0.25) is 0 Å². The van der Waals surface area contributed by atoms with Gasteiger partial charge in [0.05, 0.1) is 12.7 Å². The van der Waals surface area contributed by atoms with E-state index in [1.165, 1.54) is 12.7 Å². The first-order chi connectivity index (χ1) is 12.4. The summed E-state index contributed by atoms with van der Waals surface area (Å²) in [6, 6.07) is 15.5. The number of carbonyl (C=O) groups excluding carboxylic acids is 2. The Hall–Kier alpha value is -2.66. The summed E-state index contributed by atoms with van der Waals surface area (Å²) in [5, 5.41) is 4.95. The van der Waals surface area contributed by atoms with Crippen molar-refractivity contribution in [2.75, 3.05) is 19.0 Å². The van der Waals surface area contributed by atoms with E-state index in [0.717, 1.165) is 5.56 Å². The highest BCUT2D eigenvalue weighted by Gasteiger charge is 2.20. The van der Waals surface area contributed by atoms with Crippen molar-refractivity contribution in [1.82, 2.24) is 0 Å². The Bertz CT molecular complexity index is 757.